The minimum atomic E-state index is -0.0936. The lowest BCUT2D eigenvalue weighted by Crippen LogP contribution is -2.20. The molecule has 0 aromatic heterocycles. The fraction of sp³-hybridized carbons (Fsp3) is 0.320. The largest absolute Gasteiger partial charge is 0.310 e. The SMILES string of the molecule is CC1(C)c2ccc(-c3ccc4ccccc4c3)cc2-c2ccc(N(c3ccc(C4CCCCC4)cc3)c3ccc(C45CCC(CC4)C5)cc3)cc21. The zero-order valence-corrected chi connectivity index (χ0v) is 30.3. The summed E-state index contributed by atoms with van der Waals surface area (Å²) < 4.78 is 0. The van der Waals surface area contributed by atoms with Gasteiger partial charge in [-0.3, -0.25) is 0 Å². The summed E-state index contributed by atoms with van der Waals surface area (Å²) in [6, 6.07) is 49.3. The summed E-state index contributed by atoms with van der Waals surface area (Å²) >= 11 is 0. The highest BCUT2D eigenvalue weighted by Crippen LogP contribution is 2.56. The minimum Gasteiger partial charge on any atom is -0.310 e. The number of rotatable bonds is 6. The van der Waals surface area contributed by atoms with Crippen LogP contribution in [0.2, 0.25) is 0 Å². The molecule has 6 aromatic carbocycles. The summed E-state index contributed by atoms with van der Waals surface area (Å²) in [6.45, 7) is 4.82. The molecule has 0 radical (unpaired) electrons. The second-order valence-corrected chi connectivity index (χ2v) is 16.9. The van der Waals surface area contributed by atoms with Gasteiger partial charge in [-0.1, -0.05) is 112 Å². The van der Waals surface area contributed by atoms with E-state index in [9.17, 15) is 0 Å². The minimum absolute atomic E-state index is 0.0936. The Morgan fingerprint density at radius 3 is 1.92 bits per heavy atom. The zero-order chi connectivity index (χ0) is 34.2. The standard InChI is InChI=1S/C50H49N/c1-49(2)47-25-16-40(39-13-12-36-10-6-7-11-38(36)30-39)31-46(47)45-24-23-44(32-48(45)49)51(42-19-14-37(15-20-42)35-8-4-3-5-9-35)43-21-17-41(18-22-43)50-28-26-34(33-50)27-29-50/h6-7,10-25,30-32,34-35H,3-5,8-9,26-29,33H2,1-2H3. The molecule has 0 unspecified atom stereocenters. The van der Waals surface area contributed by atoms with E-state index in [4.69, 9.17) is 0 Å². The van der Waals surface area contributed by atoms with Crippen molar-refractivity contribution in [3.63, 3.8) is 0 Å². The molecule has 3 saturated carbocycles. The third-order valence-corrected chi connectivity index (χ3v) is 13.7. The predicted octanol–water partition coefficient (Wildman–Crippen LogP) is 14.2. The number of benzene rings is 6. The topological polar surface area (TPSA) is 3.24 Å². The normalized spacial score (nSPS) is 21.9. The summed E-state index contributed by atoms with van der Waals surface area (Å²) in [4.78, 5) is 2.51. The molecule has 3 fully saturated rings. The molecule has 0 atom stereocenters. The van der Waals surface area contributed by atoms with Gasteiger partial charge >= 0.3 is 0 Å². The van der Waals surface area contributed by atoms with E-state index in [0.29, 0.717) is 11.3 Å². The Bertz CT molecular complexity index is 2240. The Morgan fingerprint density at radius 2 is 1.20 bits per heavy atom. The van der Waals surface area contributed by atoms with Crippen LogP contribution in [0.4, 0.5) is 17.1 Å². The van der Waals surface area contributed by atoms with Gasteiger partial charge in [-0.25, -0.2) is 0 Å². The van der Waals surface area contributed by atoms with Crippen LogP contribution in [0.25, 0.3) is 33.0 Å². The van der Waals surface area contributed by atoms with Crippen molar-refractivity contribution in [1.29, 1.82) is 0 Å². The van der Waals surface area contributed by atoms with Crippen molar-refractivity contribution in [2.24, 2.45) is 5.92 Å². The summed E-state index contributed by atoms with van der Waals surface area (Å²) in [7, 11) is 0. The predicted molar refractivity (Wildman–Crippen MR) is 216 cm³/mol. The van der Waals surface area contributed by atoms with Crippen molar-refractivity contribution < 1.29 is 0 Å². The second kappa shape index (κ2) is 12.0. The Kier molecular flexibility index (Phi) is 7.31. The van der Waals surface area contributed by atoms with Crippen LogP contribution in [0.3, 0.4) is 0 Å². The van der Waals surface area contributed by atoms with Crippen LogP contribution in [0.1, 0.15) is 106 Å². The van der Waals surface area contributed by atoms with Crippen molar-refractivity contribution in [1.82, 2.24) is 0 Å². The third-order valence-electron chi connectivity index (χ3n) is 13.7. The zero-order valence-electron chi connectivity index (χ0n) is 30.3. The molecule has 4 aliphatic rings. The van der Waals surface area contributed by atoms with Crippen LogP contribution in [-0.2, 0) is 10.8 Å². The lowest BCUT2D eigenvalue weighted by Gasteiger charge is -2.30. The molecule has 6 aromatic rings. The van der Waals surface area contributed by atoms with E-state index < -0.39 is 0 Å². The van der Waals surface area contributed by atoms with E-state index in [-0.39, 0.29) is 5.41 Å². The quantitative estimate of drug-likeness (QED) is 0.171. The Balaban J connectivity index is 1.04. The highest BCUT2D eigenvalue weighted by molar-refractivity contribution is 5.91. The Hall–Kier alpha value is -4.62. The molecule has 0 heterocycles. The molecule has 4 aliphatic carbocycles. The molecular weight excluding hydrogens is 615 g/mol. The molecule has 1 nitrogen and oxygen atoms in total. The number of nitrogens with zero attached hydrogens (tertiary/aromatic N) is 1. The van der Waals surface area contributed by atoms with Crippen molar-refractivity contribution >= 4 is 27.8 Å². The molecule has 51 heavy (non-hydrogen) atoms. The average Bonchev–Trinajstić information content (AvgIpc) is 3.87. The monoisotopic (exact) mass is 663 g/mol. The molecular formula is C50H49N. The van der Waals surface area contributed by atoms with Gasteiger partial charge in [0.1, 0.15) is 0 Å². The molecule has 1 heteroatoms. The van der Waals surface area contributed by atoms with Crippen LogP contribution < -0.4 is 4.90 Å². The fourth-order valence-corrected chi connectivity index (χ4v) is 10.8. The summed E-state index contributed by atoms with van der Waals surface area (Å²) in [5.74, 6) is 1.66. The van der Waals surface area contributed by atoms with Crippen molar-refractivity contribution in [3.05, 3.63) is 150 Å². The number of hydrogen-bond acceptors (Lipinski definition) is 1. The van der Waals surface area contributed by atoms with E-state index in [1.165, 1.54) is 131 Å². The molecule has 0 amide bonds. The maximum atomic E-state index is 2.51. The first-order valence-electron chi connectivity index (χ1n) is 19.7. The number of anilines is 3. The highest BCUT2D eigenvalue weighted by Gasteiger charge is 2.45. The van der Waals surface area contributed by atoms with Crippen molar-refractivity contribution in [2.75, 3.05) is 4.90 Å². The van der Waals surface area contributed by atoms with Gasteiger partial charge in [0.25, 0.3) is 0 Å². The highest BCUT2D eigenvalue weighted by atomic mass is 15.1. The van der Waals surface area contributed by atoms with E-state index in [2.05, 4.69) is 146 Å². The molecule has 0 saturated heterocycles. The lowest BCUT2D eigenvalue weighted by atomic mass is 9.78. The van der Waals surface area contributed by atoms with Gasteiger partial charge in [0.05, 0.1) is 0 Å². The van der Waals surface area contributed by atoms with Gasteiger partial charge in [0.2, 0.25) is 0 Å². The van der Waals surface area contributed by atoms with E-state index in [0.717, 1.165) is 5.92 Å². The molecule has 10 rings (SSSR count). The molecule has 254 valence electrons. The summed E-state index contributed by atoms with van der Waals surface area (Å²) in [6.07, 6.45) is 13.7. The maximum Gasteiger partial charge on any atom is 0.0465 e. The number of fused-ring (bicyclic) bond motifs is 6. The van der Waals surface area contributed by atoms with Gasteiger partial charge in [-0.2, -0.15) is 0 Å². The molecule has 0 aliphatic heterocycles. The molecule has 0 N–H and O–H groups in total. The van der Waals surface area contributed by atoms with Crippen molar-refractivity contribution in [3.8, 4) is 22.3 Å². The van der Waals surface area contributed by atoms with E-state index in [1.807, 2.05) is 0 Å². The first-order chi connectivity index (χ1) is 24.9. The van der Waals surface area contributed by atoms with Crippen LogP contribution in [0, 0.1) is 5.92 Å². The maximum absolute atomic E-state index is 2.51. The number of hydrogen-bond donors (Lipinski definition) is 0. The Labute approximate surface area is 304 Å². The van der Waals surface area contributed by atoms with Gasteiger partial charge in [-0.05, 0) is 166 Å². The lowest BCUT2D eigenvalue weighted by molar-refractivity contribution is 0.419. The average molecular weight is 664 g/mol. The van der Waals surface area contributed by atoms with Gasteiger partial charge in [0.15, 0.2) is 0 Å². The van der Waals surface area contributed by atoms with Crippen LogP contribution >= 0.6 is 0 Å². The Morgan fingerprint density at radius 1 is 0.529 bits per heavy atom. The summed E-state index contributed by atoms with van der Waals surface area (Å²) in [5, 5.41) is 2.57. The fourth-order valence-electron chi connectivity index (χ4n) is 10.8. The molecule has 2 bridgehead atoms. The van der Waals surface area contributed by atoms with Crippen LogP contribution in [-0.4, -0.2) is 0 Å². The van der Waals surface area contributed by atoms with Crippen LogP contribution in [0.15, 0.2) is 127 Å². The first kappa shape index (κ1) is 31.1. The van der Waals surface area contributed by atoms with E-state index >= 15 is 0 Å². The third kappa shape index (κ3) is 5.18. The van der Waals surface area contributed by atoms with Gasteiger partial charge in [0, 0.05) is 22.5 Å². The van der Waals surface area contributed by atoms with Gasteiger partial charge in [-0.15, -0.1) is 0 Å². The van der Waals surface area contributed by atoms with E-state index in [1.54, 1.807) is 5.56 Å². The first-order valence-corrected chi connectivity index (χ1v) is 19.7. The molecule has 0 spiro atoms. The smallest absolute Gasteiger partial charge is 0.0465 e. The van der Waals surface area contributed by atoms with Crippen molar-refractivity contribution in [2.45, 2.75) is 94.8 Å². The second-order valence-electron chi connectivity index (χ2n) is 16.9. The van der Waals surface area contributed by atoms with Gasteiger partial charge < -0.3 is 4.90 Å². The van der Waals surface area contributed by atoms with Crippen LogP contribution in [0.5, 0.6) is 0 Å². The summed E-state index contributed by atoms with van der Waals surface area (Å²) in [5.41, 5.74) is 15.2.